The molecule has 0 aliphatic rings. The Hall–Kier alpha value is -3.06. The summed E-state index contributed by atoms with van der Waals surface area (Å²) in [4.78, 5) is 33.6. The standard InChI is InChI=1S/C18H16N4O2S/c1-11-16(25-12(2)20-11)18(24)22-14-8-4-3-7-13(14)21-17(23)15-9-5-6-10-19-15/h3-10H,1-2H3,(H,21,23)(H,22,24). The molecule has 0 saturated heterocycles. The van der Waals surface area contributed by atoms with E-state index in [4.69, 9.17) is 0 Å². The third kappa shape index (κ3) is 3.89. The molecule has 0 atom stereocenters. The molecule has 0 unspecified atom stereocenters. The van der Waals surface area contributed by atoms with Crippen LogP contribution in [0.15, 0.2) is 48.7 Å². The second-order valence-corrected chi connectivity index (χ2v) is 6.52. The first-order chi connectivity index (χ1) is 12.0. The van der Waals surface area contributed by atoms with Crippen LogP contribution in [0, 0.1) is 13.8 Å². The van der Waals surface area contributed by atoms with E-state index in [0.29, 0.717) is 27.6 Å². The maximum atomic E-state index is 12.5. The van der Waals surface area contributed by atoms with Crippen LogP contribution in [0.2, 0.25) is 0 Å². The number of carbonyl (C=O) groups excluding carboxylic acids is 2. The molecule has 2 N–H and O–H groups in total. The summed E-state index contributed by atoms with van der Waals surface area (Å²) in [5.74, 6) is -0.588. The number of nitrogens with zero attached hydrogens (tertiary/aromatic N) is 2. The van der Waals surface area contributed by atoms with E-state index in [9.17, 15) is 9.59 Å². The van der Waals surface area contributed by atoms with E-state index in [0.717, 1.165) is 5.01 Å². The van der Waals surface area contributed by atoms with Gasteiger partial charge in [-0.2, -0.15) is 0 Å². The van der Waals surface area contributed by atoms with Gasteiger partial charge in [-0.25, -0.2) is 4.98 Å². The molecule has 3 rings (SSSR count). The number of amides is 2. The maximum Gasteiger partial charge on any atom is 0.274 e. The lowest BCUT2D eigenvalue weighted by atomic mass is 10.2. The van der Waals surface area contributed by atoms with E-state index in [1.165, 1.54) is 11.3 Å². The van der Waals surface area contributed by atoms with Gasteiger partial charge in [0.1, 0.15) is 10.6 Å². The lowest BCUT2D eigenvalue weighted by Gasteiger charge is -2.11. The number of carbonyl (C=O) groups is 2. The zero-order valence-corrected chi connectivity index (χ0v) is 14.6. The largest absolute Gasteiger partial charge is 0.319 e. The van der Waals surface area contributed by atoms with Gasteiger partial charge in [-0.3, -0.25) is 14.6 Å². The zero-order valence-electron chi connectivity index (χ0n) is 13.7. The Morgan fingerprint density at radius 1 is 0.920 bits per heavy atom. The molecule has 2 amide bonds. The number of aryl methyl sites for hydroxylation is 2. The number of hydrogen-bond acceptors (Lipinski definition) is 5. The molecule has 0 fully saturated rings. The normalized spacial score (nSPS) is 10.3. The minimum atomic E-state index is -0.341. The van der Waals surface area contributed by atoms with Crippen molar-refractivity contribution in [2.75, 3.05) is 10.6 Å². The van der Waals surface area contributed by atoms with Gasteiger partial charge >= 0.3 is 0 Å². The summed E-state index contributed by atoms with van der Waals surface area (Å²) in [6.07, 6.45) is 1.55. The molecule has 0 aliphatic carbocycles. The summed E-state index contributed by atoms with van der Waals surface area (Å²) in [7, 11) is 0. The third-order valence-corrected chi connectivity index (χ3v) is 4.50. The van der Waals surface area contributed by atoms with Gasteiger partial charge in [0.25, 0.3) is 11.8 Å². The van der Waals surface area contributed by atoms with E-state index >= 15 is 0 Å². The minimum Gasteiger partial charge on any atom is -0.319 e. The van der Waals surface area contributed by atoms with Crippen LogP contribution in [0.5, 0.6) is 0 Å². The number of benzene rings is 1. The van der Waals surface area contributed by atoms with Crippen molar-refractivity contribution in [2.45, 2.75) is 13.8 Å². The SMILES string of the molecule is Cc1nc(C)c(C(=O)Nc2ccccc2NC(=O)c2ccccn2)s1. The summed E-state index contributed by atoms with van der Waals surface area (Å²) in [6, 6.07) is 12.1. The highest BCUT2D eigenvalue weighted by molar-refractivity contribution is 7.13. The van der Waals surface area contributed by atoms with E-state index in [-0.39, 0.29) is 11.8 Å². The fourth-order valence-corrected chi connectivity index (χ4v) is 3.12. The molecular weight excluding hydrogens is 336 g/mol. The average Bonchev–Trinajstić information content (AvgIpc) is 2.96. The number of hydrogen-bond donors (Lipinski definition) is 2. The Labute approximate surface area is 149 Å². The molecule has 2 heterocycles. The number of nitrogens with one attached hydrogen (secondary N) is 2. The molecular formula is C18H16N4O2S. The highest BCUT2D eigenvalue weighted by Gasteiger charge is 2.16. The minimum absolute atomic E-state index is 0.248. The average molecular weight is 352 g/mol. The van der Waals surface area contributed by atoms with Crippen LogP contribution >= 0.6 is 11.3 Å². The monoisotopic (exact) mass is 352 g/mol. The molecule has 0 aliphatic heterocycles. The molecule has 7 heteroatoms. The van der Waals surface area contributed by atoms with E-state index in [1.54, 1.807) is 55.6 Å². The first-order valence-corrected chi connectivity index (χ1v) is 8.43. The fourth-order valence-electron chi connectivity index (χ4n) is 2.31. The number of anilines is 2. The van der Waals surface area contributed by atoms with Gasteiger partial charge < -0.3 is 10.6 Å². The van der Waals surface area contributed by atoms with Gasteiger partial charge in [0.2, 0.25) is 0 Å². The maximum absolute atomic E-state index is 12.5. The molecule has 0 radical (unpaired) electrons. The molecule has 0 saturated carbocycles. The highest BCUT2D eigenvalue weighted by Crippen LogP contribution is 2.24. The van der Waals surface area contributed by atoms with Gasteiger partial charge in [0, 0.05) is 6.20 Å². The summed E-state index contributed by atoms with van der Waals surface area (Å²) in [5.41, 5.74) is 2.01. The van der Waals surface area contributed by atoms with Crippen molar-refractivity contribution in [1.29, 1.82) is 0 Å². The van der Waals surface area contributed by atoms with Crippen LogP contribution in [-0.4, -0.2) is 21.8 Å². The predicted octanol–water partition coefficient (Wildman–Crippen LogP) is 3.66. The highest BCUT2D eigenvalue weighted by atomic mass is 32.1. The van der Waals surface area contributed by atoms with Gasteiger partial charge in [0.15, 0.2) is 0 Å². The van der Waals surface area contributed by atoms with Crippen LogP contribution in [0.25, 0.3) is 0 Å². The quantitative estimate of drug-likeness (QED) is 0.750. The van der Waals surface area contributed by atoms with E-state index < -0.39 is 0 Å². The summed E-state index contributed by atoms with van der Waals surface area (Å²) >= 11 is 1.34. The topological polar surface area (TPSA) is 84.0 Å². The van der Waals surface area contributed by atoms with Crippen molar-refractivity contribution in [1.82, 2.24) is 9.97 Å². The first kappa shape index (κ1) is 16.8. The van der Waals surface area contributed by atoms with Crippen LogP contribution in [0.4, 0.5) is 11.4 Å². The number of aromatic nitrogens is 2. The lowest BCUT2D eigenvalue weighted by molar-refractivity contribution is 0.101. The molecule has 0 bridgehead atoms. The Morgan fingerprint density at radius 3 is 2.12 bits per heavy atom. The third-order valence-electron chi connectivity index (χ3n) is 3.43. The second-order valence-electron chi connectivity index (χ2n) is 5.32. The van der Waals surface area contributed by atoms with Crippen molar-refractivity contribution in [3.8, 4) is 0 Å². The van der Waals surface area contributed by atoms with Crippen LogP contribution in [0.3, 0.4) is 0 Å². The number of thiazole rings is 1. The lowest BCUT2D eigenvalue weighted by Crippen LogP contribution is -2.17. The summed E-state index contributed by atoms with van der Waals surface area (Å²) in [6.45, 7) is 3.66. The van der Waals surface area contributed by atoms with Gasteiger partial charge in [-0.05, 0) is 38.1 Å². The zero-order chi connectivity index (χ0) is 17.8. The van der Waals surface area contributed by atoms with Crippen LogP contribution < -0.4 is 10.6 Å². The smallest absolute Gasteiger partial charge is 0.274 e. The molecule has 25 heavy (non-hydrogen) atoms. The van der Waals surface area contributed by atoms with E-state index in [2.05, 4.69) is 20.6 Å². The summed E-state index contributed by atoms with van der Waals surface area (Å²) in [5, 5.41) is 6.44. The van der Waals surface area contributed by atoms with Crippen molar-refractivity contribution >= 4 is 34.5 Å². The Kier molecular flexibility index (Phi) is 4.85. The van der Waals surface area contributed by atoms with Crippen molar-refractivity contribution < 1.29 is 9.59 Å². The summed E-state index contributed by atoms with van der Waals surface area (Å²) < 4.78 is 0. The fraction of sp³-hybridized carbons (Fsp3) is 0.111. The molecule has 6 nitrogen and oxygen atoms in total. The molecule has 126 valence electrons. The number of rotatable bonds is 4. The van der Waals surface area contributed by atoms with Gasteiger partial charge in [-0.15, -0.1) is 11.3 Å². The van der Waals surface area contributed by atoms with Crippen molar-refractivity contribution in [3.63, 3.8) is 0 Å². The molecule has 1 aromatic carbocycles. The van der Waals surface area contributed by atoms with Gasteiger partial charge in [-0.1, -0.05) is 18.2 Å². The van der Waals surface area contributed by atoms with Crippen molar-refractivity contribution in [2.24, 2.45) is 0 Å². The second kappa shape index (κ2) is 7.23. The molecule has 0 spiro atoms. The first-order valence-electron chi connectivity index (χ1n) is 7.61. The Balaban J connectivity index is 1.80. The number of para-hydroxylation sites is 2. The Bertz CT molecular complexity index is 922. The van der Waals surface area contributed by atoms with E-state index in [1.807, 2.05) is 6.92 Å². The molecule has 2 aromatic heterocycles. The van der Waals surface area contributed by atoms with Crippen molar-refractivity contribution in [3.05, 3.63) is 69.9 Å². The number of pyridine rings is 1. The molecule has 3 aromatic rings. The predicted molar refractivity (Wildman–Crippen MR) is 98.2 cm³/mol. The van der Waals surface area contributed by atoms with Crippen LogP contribution in [-0.2, 0) is 0 Å². The Morgan fingerprint density at radius 2 is 1.56 bits per heavy atom. The van der Waals surface area contributed by atoms with Gasteiger partial charge in [0.05, 0.1) is 22.1 Å². The van der Waals surface area contributed by atoms with Crippen LogP contribution in [0.1, 0.15) is 30.9 Å².